The van der Waals surface area contributed by atoms with E-state index in [0.717, 1.165) is 17.8 Å². The minimum absolute atomic E-state index is 0.511. The van der Waals surface area contributed by atoms with E-state index in [-0.39, 0.29) is 0 Å². The van der Waals surface area contributed by atoms with Crippen LogP contribution in [0.5, 0.6) is 0 Å². The zero-order valence-corrected chi connectivity index (χ0v) is 11.5. The molecule has 2 N–H and O–H groups in total. The fraction of sp³-hybridized carbons (Fsp3) is 0.562. The van der Waals surface area contributed by atoms with Crippen molar-refractivity contribution in [3.63, 3.8) is 0 Å². The molecule has 2 fully saturated rings. The van der Waals surface area contributed by atoms with Gasteiger partial charge in [0.05, 0.1) is 19.1 Å². The summed E-state index contributed by atoms with van der Waals surface area (Å²) < 4.78 is 1.20. The summed E-state index contributed by atoms with van der Waals surface area (Å²) in [5.74, 6) is 0. The number of anilines is 1. The first-order chi connectivity index (χ1) is 8.64. The van der Waals surface area contributed by atoms with Crippen molar-refractivity contribution < 1.29 is 4.48 Å². The number of hydrogen-bond acceptors (Lipinski definition) is 1. The lowest BCUT2D eigenvalue weighted by Crippen LogP contribution is -2.57. The maximum Gasteiger partial charge on any atom is 0.114 e. The van der Waals surface area contributed by atoms with Crippen LogP contribution < -0.4 is 5.73 Å². The molecule has 3 rings (SSSR count). The third kappa shape index (κ3) is 1.58. The minimum atomic E-state index is 0.511. The van der Waals surface area contributed by atoms with E-state index >= 15 is 0 Å². The highest BCUT2D eigenvalue weighted by atomic mass is 15.4. The van der Waals surface area contributed by atoms with Crippen molar-refractivity contribution >= 4 is 5.69 Å². The van der Waals surface area contributed by atoms with Gasteiger partial charge in [0.25, 0.3) is 0 Å². The number of benzene rings is 1. The molecule has 2 saturated heterocycles. The molecule has 0 amide bonds. The van der Waals surface area contributed by atoms with Crippen LogP contribution in [0.2, 0.25) is 0 Å². The first kappa shape index (κ1) is 12.0. The number of fused-ring (bicyclic) bond motifs is 2. The van der Waals surface area contributed by atoms with Crippen LogP contribution in [0.15, 0.2) is 24.3 Å². The van der Waals surface area contributed by atoms with Crippen molar-refractivity contribution in [1.82, 2.24) is 0 Å². The number of piperidine rings is 1. The van der Waals surface area contributed by atoms with Crippen molar-refractivity contribution in [2.45, 2.75) is 50.7 Å². The van der Waals surface area contributed by atoms with E-state index in [0.29, 0.717) is 6.04 Å². The Morgan fingerprint density at radius 3 is 2.39 bits per heavy atom. The van der Waals surface area contributed by atoms with Crippen LogP contribution in [0.25, 0.3) is 0 Å². The SMILES string of the molecule is CC(c1ccccc1N)[N+]1(C)C2C[CH]CC1CC2. The van der Waals surface area contributed by atoms with E-state index in [1.165, 1.54) is 35.7 Å². The van der Waals surface area contributed by atoms with E-state index in [1.54, 1.807) is 0 Å². The van der Waals surface area contributed by atoms with E-state index in [9.17, 15) is 0 Å². The number of nitrogens with two attached hydrogens (primary N) is 1. The van der Waals surface area contributed by atoms with Gasteiger partial charge in [0.15, 0.2) is 0 Å². The first-order valence-corrected chi connectivity index (χ1v) is 7.15. The molecule has 1 aromatic rings. The Bertz CT molecular complexity index is 424. The maximum absolute atomic E-state index is 6.18. The third-order valence-electron chi connectivity index (χ3n) is 5.56. The van der Waals surface area contributed by atoms with Crippen LogP contribution >= 0.6 is 0 Å². The fourth-order valence-electron chi connectivity index (χ4n) is 4.23. The summed E-state index contributed by atoms with van der Waals surface area (Å²) in [5.41, 5.74) is 8.47. The average molecular weight is 244 g/mol. The second kappa shape index (κ2) is 4.27. The highest BCUT2D eigenvalue weighted by Crippen LogP contribution is 2.47. The number of nitrogen functional groups attached to an aromatic ring is 1. The summed E-state index contributed by atoms with van der Waals surface area (Å²) in [5, 5.41) is 0. The molecule has 97 valence electrons. The lowest BCUT2D eigenvalue weighted by atomic mass is 9.93. The van der Waals surface area contributed by atoms with Crippen molar-refractivity contribution in [2.24, 2.45) is 0 Å². The second-order valence-electron chi connectivity index (χ2n) is 6.17. The van der Waals surface area contributed by atoms with E-state index in [1.807, 2.05) is 12.1 Å². The van der Waals surface area contributed by atoms with Crippen LogP contribution in [0.4, 0.5) is 5.69 Å². The highest BCUT2D eigenvalue weighted by molar-refractivity contribution is 5.47. The van der Waals surface area contributed by atoms with Gasteiger partial charge in [0.1, 0.15) is 6.04 Å². The highest BCUT2D eigenvalue weighted by Gasteiger charge is 2.51. The Morgan fingerprint density at radius 2 is 1.78 bits per heavy atom. The monoisotopic (exact) mass is 244 g/mol. The average Bonchev–Trinajstić information content (AvgIpc) is 2.58. The molecule has 2 nitrogen and oxygen atoms in total. The van der Waals surface area contributed by atoms with Crippen LogP contribution in [-0.2, 0) is 0 Å². The predicted octanol–water partition coefficient (Wildman–Crippen LogP) is 3.31. The molecule has 2 aliphatic heterocycles. The predicted molar refractivity (Wildman–Crippen MR) is 75.8 cm³/mol. The van der Waals surface area contributed by atoms with Crippen molar-refractivity contribution in [3.8, 4) is 0 Å². The summed E-state index contributed by atoms with van der Waals surface area (Å²) in [6.45, 7) is 2.36. The molecule has 0 saturated carbocycles. The van der Waals surface area contributed by atoms with E-state index < -0.39 is 0 Å². The number of nitrogens with zero attached hydrogens (tertiary/aromatic N) is 1. The van der Waals surface area contributed by atoms with Crippen LogP contribution in [0, 0.1) is 6.42 Å². The Labute approximate surface area is 110 Å². The molecule has 18 heavy (non-hydrogen) atoms. The molecule has 1 aromatic carbocycles. The number of para-hydroxylation sites is 1. The molecule has 1 radical (unpaired) electrons. The quantitative estimate of drug-likeness (QED) is 0.627. The van der Waals surface area contributed by atoms with Crippen molar-refractivity contribution in [3.05, 3.63) is 36.2 Å². The van der Waals surface area contributed by atoms with Gasteiger partial charge in [-0.15, -0.1) is 0 Å². The summed E-state index contributed by atoms with van der Waals surface area (Å²) in [6.07, 6.45) is 7.83. The smallest absolute Gasteiger partial charge is 0.114 e. The summed E-state index contributed by atoms with van der Waals surface area (Å²) in [6, 6.07) is 10.5. The van der Waals surface area contributed by atoms with Crippen LogP contribution in [0.3, 0.4) is 0 Å². The molecule has 0 spiro atoms. The molecule has 0 aromatic heterocycles. The normalized spacial score (nSPS) is 36.6. The summed E-state index contributed by atoms with van der Waals surface area (Å²) >= 11 is 0. The molecule has 2 bridgehead atoms. The number of rotatable bonds is 2. The molecule has 2 aliphatic rings. The van der Waals surface area contributed by atoms with Gasteiger partial charge in [0, 0.05) is 36.9 Å². The lowest BCUT2D eigenvalue weighted by molar-refractivity contribution is -0.972. The van der Waals surface area contributed by atoms with Gasteiger partial charge in [-0.3, -0.25) is 0 Å². The molecule has 3 atom stereocenters. The maximum atomic E-state index is 6.18. The minimum Gasteiger partial charge on any atom is -0.398 e. The molecular formula is C16H24N2+. The van der Waals surface area contributed by atoms with Crippen molar-refractivity contribution in [1.29, 1.82) is 0 Å². The van der Waals surface area contributed by atoms with Crippen LogP contribution in [0.1, 0.15) is 44.2 Å². The van der Waals surface area contributed by atoms with Crippen LogP contribution in [-0.4, -0.2) is 23.6 Å². The van der Waals surface area contributed by atoms with Gasteiger partial charge in [-0.25, -0.2) is 0 Å². The van der Waals surface area contributed by atoms with E-state index in [4.69, 9.17) is 5.73 Å². The lowest BCUT2D eigenvalue weighted by Gasteiger charge is -2.49. The largest absolute Gasteiger partial charge is 0.398 e. The zero-order chi connectivity index (χ0) is 12.8. The second-order valence-corrected chi connectivity index (χ2v) is 6.17. The van der Waals surface area contributed by atoms with Gasteiger partial charge in [-0.1, -0.05) is 18.2 Å². The number of quaternary nitrogens is 1. The molecule has 2 heteroatoms. The molecule has 2 heterocycles. The molecular weight excluding hydrogens is 220 g/mol. The van der Waals surface area contributed by atoms with Gasteiger partial charge < -0.3 is 10.2 Å². The Morgan fingerprint density at radius 1 is 1.17 bits per heavy atom. The summed E-state index contributed by atoms with van der Waals surface area (Å²) in [4.78, 5) is 0. The number of hydrogen-bond donors (Lipinski definition) is 1. The topological polar surface area (TPSA) is 26.0 Å². The van der Waals surface area contributed by atoms with Gasteiger partial charge in [-0.2, -0.15) is 0 Å². The standard InChI is InChI=1S/C16H24N2/c1-12(15-8-3-4-9-16(15)17)18(2)13-6-5-7-14(18)11-10-13/h3-5,8-9,12-14H,6-7,10-11,17H2,1-2H3/q+1. The van der Waals surface area contributed by atoms with Gasteiger partial charge >= 0.3 is 0 Å². The summed E-state index contributed by atoms with van der Waals surface area (Å²) in [7, 11) is 2.45. The Kier molecular flexibility index (Phi) is 2.86. The Hall–Kier alpha value is -1.02. The molecule has 0 aliphatic carbocycles. The Balaban J connectivity index is 1.97. The molecule has 3 unspecified atom stereocenters. The fourth-order valence-corrected chi connectivity index (χ4v) is 4.23. The van der Waals surface area contributed by atoms with Gasteiger partial charge in [-0.05, 0) is 19.4 Å². The zero-order valence-electron chi connectivity index (χ0n) is 11.5. The van der Waals surface area contributed by atoms with Gasteiger partial charge in [0.2, 0.25) is 0 Å². The first-order valence-electron chi connectivity index (χ1n) is 7.15. The van der Waals surface area contributed by atoms with E-state index in [2.05, 4.69) is 32.5 Å². The van der Waals surface area contributed by atoms with Crippen molar-refractivity contribution in [2.75, 3.05) is 12.8 Å². The third-order valence-corrected chi connectivity index (χ3v) is 5.56.